The Hall–Kier alpha value is -2.13. The molecule has 2 aromatic carbocycles. The Morgan fingerprint density at radius 1 is 0.950 bits per heavy atom. The van der Waals surface area contributed by atoms with Crippen molar-refractivity contribution in [3.63, 3.8) is 0 Å². The molecule has 0 bridgehead atoms. The summed E-state index contributed by atoms with van der Waals surface area (Å²) in [5, 5.41) is 9.25. The van der Waals surface area contributed by atoms with Crippen LogP contribution in [0.4, 0.5) is 0 Å². The van der Waals surface area contributed by atoms with Gasteiger partial charge >= 0.3 is 5.97 Å². The summed E-state index contributed by atoms with van der Waals surface area (Å²) in [6, 6.07) is 19.4. The lowest BCUT2D eigenvalue weighted by Crippen LogP contribution is -2.22. The van der Waals surface area contributed by atoms with Gasteiger partial charge in [-0.2, -0.15) is 0 Å². The molecule has 0 aliphatic heterocycles. The van der Waals surface area contributed by atoms with Crippen LogP contribution in [0.25, 0.3) is 0 Å². The molecule has 1 atom stereocenters. The number of hydrogen-bond acceptors (Lipinski definition) is 2. The fourth-order valence-corrected chi connectivity index (χ4v) is 2.01. The van der Waals surface area contributed by atoms with Gasteiger partial charge in [0.25, 0.3) is 0 Å². The van der Waals surface area contributed by atoms with Gasteiger partial charge in [-0.1, -0.05) is 60.7 Å². The van der Waals surface area contributed by atoms with E-state index in [-0.39, 0.29) is 6.61 Å². The van der Waals surface area contributed by atoms with E-state index in [2.05, 4.69) is 0 Å². The monoisotopic (exact) mass is 270 g/mol. The highest BCUT2D eigenvalue weighted by Gasteiger charge is 2.18. The highest BCUT2D eigenvalue weighted by atomic mass is 16.5. The van der Waals surface area contributed by atoms with Crippen LogP contribution in [0, 0.1) is 5.92 Å². The van der Waals surface area contributed by atoms with E-state index in [1.807, 2.05) is 60.7 Å². The van der Waals surface area contributed by atoms with Gasteiger partial charge in [-0.15, -0.1) is 0 Å². The van der Waals surface area contributed by atoms with Gasteiger partial charge in [0, 0.05) is 0 Å². The number of aliphatic carboxylic acids is 1. The topological polar surface area (TPSA) is 46.5 Å². The van der Waals surface area contributed by atoms with E-state index in [0.29, 0.717) is 13.0 Å². The molecule has 20 heavy (non-hydrogen) atoms. The number of carboxylic acid groups (broad SMARTS) is 1. The molecule has 2 rings (SSSR count). The highest BCUT2D eigenvalue weighted by molar-refractivity contribution is 5.70. The van der Waals surface area contributed by atoms with Crippen molar-refractivity contribution < 1.29 is 14.6 Å². The van der Waals surface area contributed by atoms with E-state index in [9.17, 15) is 9.90 Å². The second-order valence-electron chi connectivity index (χ2n) is 4.73. The Kier molecular flexibility index (Phi) is 5.33. The van der Waals surface area contributed by atoms with Gasteiger partial charge < -0.3 is 9.84 Å². The summed E-state index contributed by atoms with van der Waals surface area (Å²) in [6.07, 6.45) is 0.491. The highest BCUT2D eigenvalue weighted by Crippen LogP contribution is 2.11. The molecule has 0 saturated carbocycles. The Bertz CT molecular complexity index is 522. The van der Waals surface area contributed by atoms with E-state index in [4.69, 9.17) is 4.74 Å². The summed E-state index contributed by atoms with van der Waals surface area (Å²) < 4.78 is 5.53. The van der Waals surface area contributed by atoms with Crippen LogP contribution in [-0.4, -0.2) is 17.7 Å². The van der Waals surface area contributed by atoms with Crippen molar-refractivity contribution in [1.82, 2.24) is 0 Å². The molecule has 0 aromatic heterocycles. The quantitative estimate of drug-likeness (QED) is 0.840. The predicted molar refractivity (Wildman–Crippen MR) is 77.4 cm³/mol. The maximum atomic E-state index is 11.3. The third kappa shape index (κ3) is 4.52. The number of carboxylic acids is 1. The lowest BCUT2D eigenvalue weighted by molar-refractivity contribution is -0.144. The van der Waals surface area contributed by atoms with E-state index >= 15 is 0 Å². The van der Waals surface area contributed by atoms with Crippen molar-refractivity contribution in [3.8, 4) is 0 Å². The van der Waals surface area contributed by atoms with Crippen LogP contribution in [0.15, 0.2) is 60.7 Å². The minimum atomic E-state index is -0.818. The molecule has 3 heteroatoms. The van der Waals surface area contributed by atoms with Crippen molar-refractivity contribution in [3.05, 3.63) is 71.8 Å². The molecule has 104 valence electrons. The van der Waals surface area contributed by atoms with E-state index in [0.717, 1.165) is 11.1 Å². The zero-order valence-electron chi connectivity index (χ0n) is 11.2. The Morgan fingerprint density at radius 3 is 2.05 bits per heavy atom. The van der Waals surface area contributed by atoms with E-state index in [1.165, 1.54) is 0 Å². The maximum Gasteiger partial charge on any atom is 0.309 e. The Morgan fingerprint density at radius 2 is 1.50 bits per heavy atom. The molecule has 2 aromatic rings. The van der Waals surface area contributed by atoms with E-state index < -0.39 is 11.9 Å². The molecular weight excluding hydrogens is 252 g/mol. The molecule has 1 N–H and O–H groups in total. The molecule has 0 unspecified atom stereocenters. The van der Waals surface area contributed by atoms with Crippen LogP contribution in [0.3, 0.4) is 0 Å². The number of carbonyl (C=O) groups is 1. The first-order valence-electron chi connectivity index (χ1n) is 6.64. The average molecular weight is 270 g/mol. The van der Waals surface area contributed by atoms with Crippen molar-refractivity contribution in [1.29, 1.82) is 0 Å². The molecule has 0 radical (unpaired) electrons. The zero-order valence-corrected chi connectivity index (χ0v) is 11.2. The van der Waals surface area contributed by atoms with Crippen molar-refractivity contribution in [2.75, 3.05) is 6.61 Å². The van der Waals surface area contributed by atoms with Gasteiger partial charge in [-0.3, -0.25) is 4.79 Å². The van der Waals surface area contributed by atoms with Crippen LogP contribution in [0.2, 0.25) is 0 Å². The van der Waals surface area contributed by atoms with Gasteiger partial charge in [0.2, 0.25) is 0 Å². The fourth-order valence-electron chi connectivity index (χ4n) is 2.01. The first kappa shape index (κ1) is 14.3. The summed E-state index contributed by atoms with van der Waals surface area (Å²) in [4.78, 5) is 11.3. The summed E-state index contributed by atoms with van der Waals surface area (Å²) >= 11 is 0. The molecule has 0 fully saturated rings. The first-order valence-corrected chi connectivity index (χ1v) is 6.64. The zero-order chi connectivity index (χ0) is 14.2. The number of rotatable bonds is 7. The van der Waals surface area contributed by atoms with E-state index in [1.54, 1.807) is 0 Å². The molecule has 3 nitrogen and oxygen atoms in total. The van der Waals surface area contributed by atoms with Crippen molar-refractivity contribution in [2.45, 2.75) is 13.0 Å². The summed E-state index contributed by atoms with van der Waals surface area (Å²) in [7, 11) is 0. The minimum Gasteiger partial charge on any atom is -0.481 e. The molecule has 0 amide bonds. The summed E-state index contributed by atoms with van der Waals surface area (Å²) in [6.45, 7) is 0.665. The average Bonchev–Trinajstić information content (AvgIpc) is 2.48. The molecule has 0 spiro atoms. The van der Waals surface area contributed by atoms with Gasteiger partial charge in [0.1, 0.15) is 0 Å². The SMILES string of the molecule is O=C(O)[C@@H](COCc1ccccc1)Cc1ccccc1. The van der Waals surface area contributed by atoms with Crippen LogP contribution >= 0.6 is 0 Å². The Labute approximate surface area is 118 Å². The first-order chi connectivity index (χ1) is 9.75. The standard InChI is InChI=1S/C17H18O3/c18-17(19)16(11-14-7-3-1-4-8-14)13-20-12-15-9-5-2-6-10-15/h1-10,16H,11-13H2,(H,18,19)/t16-/m1/s1. The smallest absolute Gasteiger partial charge is 0.309 e. The molecule has 0 aliphatic rings. The largest absolute Gasteiger partial charge is 0.481 e. The predicted octanol–water partition coefficient (Wildman–Crippen LogP) is 3.15. The summed E-state index contributed by atoms with van der Waals surface area (Å²) in [5.74, 6) is -1.33. The van der Waals surface area contributed by atoms with Crippen LogP contribution in [0.1, 0.15) is 11.1 Å². The van der Waals surface area contributed by atoms with Gasteiger partial charge in [0.15, 0.2) is 0 Å². The van der Waals surface area contributed by atoms with Gasteiger partial charge in [-0.05, 0) is 17.5 Å². The molecule has 0 saturated heterocycles. The third-order valence-electron chi connectivity index (χ3n) is 3.10. The third-order valence-corrected chi connectivity index (χ3v) is 3.10. The maximum absolute atomic E-state index is 11.3. The molecular formula is C17H18O3. The molecule has 0 aliphatic carbocycles. The lowest BCUT2D eigenvalue weighted by Gasteiger charge is -2.13. The number of ether oxygens (including phenoxy) is 1. The second-order valence-corrected chi connectivity index (χ2v) is 4.73. The lowest BCUT2D eigenvalue weighted by atomic mass is 10.0. The number of hydrogen-bond donors (Lipinski definition) is 1. The van der Waals surface area contributed by atoms with Crippen LogP contribution in [-0.2, 0) is 22.6 Å². The minimum absolute atomic E-state index is 0.221. The summed E-state index contributed by atoms with van der Waals surface area (Å²) in [5.41, 5.74) is 2.07. The van der Waals surface area contributed by atoms with Crippen LogP contribution < -0.4 is 0 Å². The Balaban J connectivity index is 1.85. The van der Waals surface area contributed by atoms with Gasteiger partial charge in [0.05, 0.1) is 19.1 Å². The van der Waals surface area contributed by atoms with Crippen LogP contribution in [0.5, 0.6) is 0 Å². The second kappa shape index (κ2) is 7.46. The molecule has 0 heterocycles. The normalized spacial score (nSPS) is 12.0. The van der Waals surface area contributed by atoms with Crippen molar-refractivity contribution in [2.24, 2.45) is 5.92 Å². The van der Waals surface area contributed by atoms with Crippen molar-refractivity contribution >= 4 is 5.97 Å². The fraction of sp³-hybridized carbons (Fsp3) is 0.235. The number of benzene rings is 2. The van der Waals surface area contributed by atoms with Gasteiger partial charge in [-0.25, -0.2) is 0 Å².